The number of alkyl halides is 2. The number of anilines is 1. The van der Waals surface area contributed by atoms with Crippen molar-refractivity contribution < 1.29 is 13.2 Å². The molecule has 3 nitrogen and oxygen atoms in total. The molecule has 0 fully saturated rings. The van der Waals surface area contributed by atoms with Crippen molar-refractivity contribution in [1.82, 2.24) is 4.98 Å². The maximum absolute atomic E-state index is 12.6. The van der Waals surface area contributed by atoms with Crippen LogP contribution in [0.5, 0.6) is 0 Å². The smallest absolute Gasteiger partial charge is 0.268 e. The molecule has 0 atom stereocenters. The molecule has 1 rings (SSSR count). The first-order valence-electron chi connectivity index (χ1n) is 3.20. The molecule has 0 aliphatic carbocycles. The van der Waals surface area contributed by atoms with Crippen LogP contribution in [-0.2, 0) is 0 Å². The first-order chi connectivity index (χ1) is 6.06. The largest absolute Gasteiger partial charge is 0.383 e. The lowest BCUT2D eigenvalue weighted by Crippen LogP contribution is -2.02. The van der Waals surface area contributed by atoms with E-state index in [0.717, 1.165) is 0 Å². The summed E-state index contributed by atoms with van der Waals surface area (Å²) in [6, 6.07) is 2.23. The summed E-state index contributed by atoms with van der Waals surface area (Å²) in [6.45, 7) is 0. The van der Waals surface area contributed by atoms with E-state index in [0.29, 0.717) is 6.07 Å². The molecule has 2 N–H and O–H groups in total. The molecule has 0 aromatic carbocycles. The molecular weight excluding hydrogens is 183 g/mol. The number of hydrogen-bond donors (Lipinski definition) is 1. The van der Waals surface area contributed by atoms with Crippen LogP contribution in [0, 0.1) is 17.3 Å². The Morgan fingerprint density at radius 2 is 2.15 bits per heavy atom. The van der Waals surface area contributed by atoms with E-state index in [1.54, 1.807) is 0 Å². The van der Waals surface area contributed by atoms with Crippen LogP contribution in [0.4, 0.5) is 19.0 Å². The number of nitrogens with zero attached hydrogens (tertiary/aromatic N) is 2. The fourth-order valence-electron chi connectivity index (χ4n) is 0.762. The number of halogens is 3. The summed E-state index contributed by atoms with van der Waals surface area (Å²) in [5, 5.41) is 8.38. The summed E-state index contributed by atoms with van der Waals surface area (Å²) in [5.41, 5.74) is 3.92. The van der Waals surface area contributed by atoms with Gasteiger partial charge in [-0.25, -0.2) is 13.8 Å². The van der Waals surface area contributed by atoms with Crippen molar-refractivity contribution in [2.45, 2.75) is 6.43 Å². The van der Waals surface area contributed by atoms with Gasteiger partial charge in [-0.2, -0.15) is 9.65 Å². The van der Waals surface area contributed by atoms with Crippen molar-refractivity contribution in [3.05, 3.63) is 23.1 Å². The van der Waals surface area contributed by atoms with Crippen LogP contribution in [0.2, 0.25) is 0 Å². The number of aromatic nitrogens is 1. The van der Waals surface area contributed by atoms with E-state index in [2.05, 4.69) is 4.98 Å². The van der Waals surface area contributed by atoms with Gasteiger partial charge in [0.05, 0.1) is 11.1 Å². The summed E-state index contributed by atoms with van der Waals surface area (Å²) in [4.78, 5) is 2.97. The fraction of sp³-hybridized carbons (Fsp3) is 0.143. The van der Waals surface area contributed by atoms with Crippen LogP contribution >= 0.6 is 0 Å². The molecule has 0 saturated heterocycles. The first kappa shape index (κ1) is 9.32. The van der Waals surface area contributed by atoms with Gasteiger partial charge in [0.25, 0.3) is 6.43 Å². The SMILES string of the molecule is N#Cc1cc(C(F)F)c(F)nc1N. The molecule has 0 unspecified atom stereocenters. The van der Waals surface area contributed by atoms with Gasteiger partial charge < -0.3 is 5.73 Å². The molecular formula is C7H4F3N3. The van der Waals surface area contributed by atoms with E-state index in [-0.39, 0.29) is 11.4 Å². The summed E-state index contributed by atoms with van der Waals surface area (Å²) in [5.74, 6) is -1.73. The zero-order valence-electron chi connectivity index (χ0n) is 6.26. The van der Waals surface area contributed by atoms with Gasteiger partial charge >= 0.3 is 0 Å². The van der Waals surface area contributed by atoms with E-state index < -0.39 is 17.9 Å². The van der Waals surface area contributed by atoms with Crippen LogP contribution < -0.4 is 5.73 Å². The maximum atomic E-state index is 12.6. The Kier molecular flexibility index (Phi) is 2.37. The molecule has 1 aromatic rings. The third-order valence-electron chi connectivity index (χ3n) is 1.39. The second-order valence-electron chi connectivity index (χ2n) is 2.21. The monoisotopic (exact) mass is 187 g/mol. The minimum absolute atomic E-state index is 0.253. The van der Waals surface area contributed by atoms with Crippen LogP contribution in [-0.4, -0.2) is 4.98 Å². The lowest BCUT2D eigenvalue weighted by molar-refractivity contribution is 0.145. The van der Waals surface area contributed by atoms with Crippen LogP contribution in [0.15, 0.2) is 6.07 Å². The minimum atomic E-state index is -3.00. The summed E-state index contributed by atoms with van der Waals surface area (Å²) in [6.07, 6.45) is -3.00. The van der Waals surface area contributed by atoms with E-state index in [4.69, 9.17) is 11.0 Å². The second-order valence-corrected chi connectivity index (χ2v) is 2.21. The van der Waals surface area contributed by atoms with Gasteiger partial charge in [0, 0.05) is 0 Å². The number of nitrogens with two attached hydrogens (primary N) is 1. The molecule has 0 aliphatic heterocycles. The van der Waals surface area contributed by atoms with Crippen molar-refractivity contribution >= 4 is 5.82 Å². The van der Waals surface area contributed by atoms with E-state index in [1.807, 2.05) is 0 Å². The molecule has 0 spiro atoms. The third kappa shape index (κ3) is 1.69. The number of pyridine rings is 1. The number of rotatable bonds is 1. The average molecular weight is 187 g/mol. The van der Waals surface area contributed by atoms with Crippen molar-refractivity contribution in [2.24, 2.45) is 0 Å². The highest BCUT2D eigenvalue weighted by Crippen LogP contribution is 2.23. The molecule has 0 saturated carbocycles. The van der Waals surface area contributed by atoms with Crippen LogP contribution in [0.3, 0.4) is 0 Å². The van der Waals surface area contributed by atoms with Crippen molar-refractivity contribution in [1.29, 1.82) is 5.26 Å². The molecule has 68 valence electrons. The number of nitrogen functional groups attached to an aromatic ring is 1. The Bertz CT molecular complexity index is 370. The van der Waals surface area contributed by atoms with Crippen molar-refractivity contribution in [2.75, 3.05) is 5.73 Å². The average Bonchev–Trinajstić information content (AvgIpc) is 2.03. The normalized spacial score (nSPS) is 10.1. The standard InChI is InChI=1S/C7H4F3N3/c8-5(9)4-1-3(2-11)7(12)13-6(4)10/h1,5H,(H2,12,13). The highest BCUT2D eigenvalue weighted by Gasteiger charge is 2.17. The summed E-state index contributed by atoms with van der Waals surface area (Å²) in [7, 11) is 0. The van der Waals surface area contributed by atoms with Gasteiger partial charge in [0.1, 0.15) is 11.9 Å². The van der Waals surface area contributed by atoms with E-state index in [1.165, 1.54) is 6.07 Å². The predicted molar refractivity (Wildman–Crippen MR) is 38.3 cm³/mol. The van der Waals surface area contributed by atoms with Gasteiger partial charge in [-0.05, 0) is 6.07 Å². The third-order valence-corrected chi connectivity index (χ3v) is 1.39. The van der Waals surface area contributed by atoms with Gasteiger partial charge in [-0.3, -0.25) is 0 Å². The van der Waals surface area contributed by atoms with Crippen LogP contribution in [0.1, 0.15) is 17.6 Å². The molecule has 0 radical (unpaired) electrons. The van der Waals surface area contributed by atoms with E-state index in [9.17, 15) is 13.2 Å². The molecule has 6 heteroatoms. The Labute approximate surface area is 71.6 Å². The lowest BCUT2D eigenvalue weighted by atomic mass is 10.2. The van der Waals surface area contributed by atoms with Gasteiger partial charge in [0.2, 0.25) is 5.95 Å². The van der Waals surface area contributed by atoms with Gasteiger partial charge in [-0.15, -0.1) is 0 Å². The molecule has 1 aromatic heterocycles. The number of nitriles is 1. The predicted octanol–water partition coefficient (Wildman–Crippen LogP) is 1.61. The highest BCUT2D eigenvalue weighted by molar-refractivity contribution is 5.49. The molecule has 0 amide bonds. The van der Waals surface area contributed by atoms with Crippen LogP contribution in [0.25, 0.3) is 0 Å². The minimum Gasteiger partial charge on any atom is -0.383 e. The summed E-state index contributed by atoms with van der Waals surface area (Å²) < 4.78 is 36.7. The zero-order chi connectivity index (χ0) is 10.0. The van der Waals surface area contributed by atoms with Crippen molar-refractivity contribution in [3.8, 4) is 6.07 Å². The zero-order valence-corrected chi connectivity index (χ0v) is 6.26. The van der Waals surface area contributed by atoms with Gasteiger partial charge in [0.15, 0.2) is 0 Å². The Morgan fingerprint density at radius 3 is 2.62 bits per heavy atom. The van der Waals surface area contributed by atoms with E-state index >= 15 is 0 Å². The molecule has 13 heavy (non-hydrogen) atoms. The molecule has 0 bridgehead atoms. The Morgan fingerprint density at radius 1 is 1.54 bits per heavy atom. The topological polar surface area (TPSA) is 62.7 Å². The van der Waals surface area contributed by atoms with Gasteiger partial charge in [-0.1, -0.05) is 0 Å². The summed E-state index contributed by atoms with van der Waals surface area (Å²) >= 11 is 0. The second kappa shape index (κ2) is 3.31. The lowest BCUT2D eigenvalue weighted by Gasteiger charge is -2.02. The van der Waals surface area contributed by atoms with Crippen molar-refractivity contribution in [3.63, 3.8) is 0 Å². The molecule has 0 aliphatic rings. The maximum Gasteiger partial charge on any atom is 0.268 e. The first-order valence-corrected chi connectivity index (χ1v) is 3.20. The molecule has 1 heterocycles. The Balaban J connectivity index is 3.33. The fourth-order valence-corrected chi connectivity index (χ4v) is 0.762. The number of hydrogen-bond acceptors (Lipinski definition) is 3. The quantitative estimate of drug-likeness (QED) is 0.679. The highest BCUT2D eigenvalue weighted by atomic mass is 19.3. The Hall–Kier alpha value is -1.77.